The van der Waals surface area contributed by atoms with Crippen LogP contribution in [0.4, 0.5) is 15.8 Å². The standard InChI is InChI=1S/C13H6BrCl2FN2/c14-10-1-2-11(13(16)12(10)15)19-9-4-7(6-18)3-8(17)5-9/h1-5,19H. The van der Waals surface area contributed by atoms with Crippen molar-refractivity contribution in [2.24, 2.45) is 0 Å². The normalized spacial score (nSPS) is 10.1. The van der Waals surface area contributed by atoms with Gasteiger partial charge in [-0.1, -0.05) is 23.2 Å². The summed E-state index contributed by atoms with van der Waals surface area (Å²) in [5.74, 6) is -0.499. The third-order valence-corrected chi connectivity index (χ3v) is 4.11. The number of rotatable bonds is 2. The molecule has 0 bridgehead atoms. The van der Waals surface area contributed by atoms with Gasteiger partial charge in [0.25, 0.3) is 0 Å². The van der Waals surface area contributed by atoms with E-state index in [0.29, 0.717) is 25.9 Å². The average Bonchev–Trinajstić information content (AvgIpc) is 2.39. The first-order valence-electron chi connectivity index (χ1n) is 5.12. The second-order valence-electron chi connectivity index (χ2n) is 3.69. The van der Waals surface area contributed by atoms with Crippen LogP contribution in [-0.4, -0.2) is 0 Å². The van der Waals surface area contributed by atoms with E-state index in [2.05, 4.69) is 21.2 Å². The Kier molecular flexibility index (Phi) is 4.31. The van der Waals surface area contributed by atoms with Crippen LogP contribution in [-0.2, 0) is 0 Å². The lowest BCUT2D eigenvalue weighted by Gasteiger charge is -2.10. The predicted molar refractivity (Wildman–Crippen MR) is 78.6 cm³/mol. The van der Waals surface area contributed by atoms with Gasteiger partial charge in [0.15, 0.2) is 0 Å². The lowest BCUT2D eigenvalue weighted by atomic mass is 10.2. The molecule has 2 nitrogen and oxygen atoms in total. The maximum Gasteiger partial charge on any atom is 0.126 e. The van der Waals surface area contributed by atoms with Gasteiger partial charge < -0.3 is 5.32 Å². The van der Waals surface area contributed by atoms with E-state index in [1.165, 1.54) is 12.1 Å². The molecule has 0 saturated carbocycles. The SMILES string of the molecule is N#Cc1cc(F)cc(Nc2ccc(Br)c(Cl)c2Cl)c1. The molecule has 0 radical (unpaired) electrons. The molecule has 0 amide bonds. The van der Waals surface area contributed by atoms with Crippen molar-refractivity contribution < 1.29 is 4.39 Å². The molecule has 0 heterocycles. The van der Waals surface area contributed by atoms with E-state index in [1.807, 2.05) is 6.07 Å². The Morgan fingerprint density at radius 2 is 1.89 bits per heavy atom. The molecule has 96 valence electrons. The molecular weight excluding hydrogens is 354 g/mol. The van der Waals surface area contributed by atoms with Gasteiger partial charge in [0, 0.05) is 10.2 Å². The van der Waals surface area contributed by atoms with Gasteiger partial charge in [0.05, 0.1) is 27.4 Å². The van der Waals surface area contributed by atoms with Gasteiger partial charge >= 0.3 is 0 Å². The van der Waals surface area contributed by atoms with Crippen molar-refractivity contribution >= 4 is 50.5 Å². The number of anilines is 2. The van der Waals surface area contributed by atoms with E-state index in [-0.39, 0.29) is 5.56 Å². The monoisotopic (exact) mass is 358 g/mol. The van der Waals surface area contributed by atoms with Crippen LogP contribution in [0.1, 0.15) is 5.56 Å². The van der Waals surface area contributed by atoms with E-state index in [9.17, 15) is 4.39 Å². The lowest BCUT2D eigenvalue weighted by Crippen LogP contribution is -1.94. The number of benzene rings is 2. The van der Waals surface area contributed by atoms with Crippen LogP contribution in [0, 0.1) is 17.1 Å². The van der Waals surface area contributed by atoms with Crippen LogP contribution in [0.5, 0.6) is 0 Å². The molecule has 1 N–H and O–H groups in total. The first-order chi connectivity index (χ1) is 9.01. The van der Waals surface area contributed by atoms with Crippen molar-refractivity contribution in [1.82, 2.24) is 0 Å². The molecule has 2 aromatic rings. The maximum absolute atomic E-state index is 13.3. The second kappa shape index (κ2) is 5.79. The van der Waals surface area contributed by atoms with Crippen molar-refractivity contribution in [3.05, 3.63) is 56.2 Å². The Morgan fingerprint density at radius 1 is 1.16 bits per heavy atom. The quantitative estimate of drug-likeness (QED) is 0.717. The molecule has 2 rings (SSSR count). The highest BCUT2D eigenvalue weighted by molar-refractivity contribution is 9.10. The van der Waals surface area contributed by atoms with Crippen molar-refractivity contribution in [2.45, 2.75) is 0 Å². The van der Waals surface area contributed by atoms with Gasteiger partial charge in [-0.15, -0.1) is 0 Å². The molecule has 0 aliphatic rings. The molecule has 0 saturated heterocycles. The van der Waals surface area contributed by atoms with Gasteiger partial charge in [-0.3, -0.25) is 0 Å². The molecule has 19 heavy (non-hydrogen) atoms. The van der Waals surface area contributed by atoms with E-state index < -0.39 is 5.82 Å². The zero-order valence-corrected chi connectivity index (χ0v) is 12.4. The fraction of sp³-hybridized carbons (Fsp3) is 0. The summed E-state index contributed by atoms with van der Waals surface area (Å²) in [6.45, 7) is 0. The number of nitrogens with one attached hydrogen (secondary N) is 1. The highest BCUT2D eigenvalue weighted by atomic mass is 79.9. The third-order valence-electron chi connectivity index (χ3n) is 2.34. The molecule has 0 aliphatic heterocycles. The summed E-state index contributed by atoms with van der Waals surface area (Å²) in [5, 5.41) is 12.4. The fourth-order valence-electron chi connectivity index (χ4n) is 1.50. The summed E-state index contributed by atoms with van der Waals surface area (Å²) in [7, 11) is 0. The topological polar surface area (TPSA) is 35.8 Å². The van der Waals surface area contributed by atoms with Gasteiger partial charge in [-0.05, 0) is 46.3 Å². The number of halogens is 4. The van der Waals surface area contributed by atoms with Crippen molar-refractivity contribution in [3.63, 3.8) is 0 Å². The number of nitrogens with zero attached hydrogens (tertiary/aromatic N) is 1. The van der Waals surface area contributed by atoms with Crippen LogP contribution in [0.2, 0.25) is 10.0 Å². The van der Waals surface area contributed by atoms with E-state index >= 15 is 0 Å². The molecule has 0 spiro atoms. The predicted octanol–water partition coefficient (Wildman–Crippen LogP) is 5.51. The van der Waals surface area contributed by atoms with Gasteiger partial charge in [-0.25, -0.2) is 4.39 Å². The largest absolute Gasteiger partial charge is 0.354 e. The fourth-order valence-corrected chi connectivity index (χ4v) is 2.33. The first kappa shape index (κ1) is 14.1. The lowest BCUT2D eigenvalue weighted by molar-refractivity contribution is 0.628. The Balaban J connectivity index is 2.40. The Hall–Kier alpha value is -1.28. The minimum absolute atomic E-state index is 0.224. The van der Waals surface area contributed by atoms with Crippen LogP contribution >= 0.6 is 39.1 Å². The molecule has 2 aromatic carbocycles. The minimum Gasteiger partial charge on any atom is -0.354 e. The highest BCUT2D eigenvalue weighted by Crippen LogP contribution is 2.37. The minimum atomic E-state index is -0.499. The van der Waals surface area contributed by atoms with Crippen LogP contribution in [0.3, 0.4) is 0 Å². The summed E-state index contributed by atoms with van der Waals surface area (Å²) >= 11 is 15.3. The molecule has 0 fully saturated rings. The summed E-state index contributed by atoms with van der Waals surface area (Å²) in [4.78, 5) is 0. The molecule has 0 aromatic heterocycles. The van der Waals surface area contributed by atoms with Gasteiger partial charge in [-0.2, -0.15) is 5.26 Å². The van der Waals surface area contributed by atoms with Gasteiger partial charge in [0.2, 0.25) is 0 Å². The van der Waals surface area contributed by atoms with Gasteiger partial charge in [0.1, 0.15) is 5.82 Å². The Labute approximate surface area is 127 Å². The van der Waals surface area contributed by atoms with E-state index in [4.69, 9.17) is 28.5 Å². The summed E-state index contributed by atoms with van der Waals surface area (Å²) in [6, 6.07) is 9.26. The zero-order chi connectivity index (χ0) is 14.0. The summed E-state index contributed by atoms with van der Waals surface area (Å²) in [5.41, 5.74) is 1.18. The van der Waals surface area contributed by atoms with Crippen LogP contribution in [0.25, 0.3) is 0 Å². The highest BCUT2D eigenvalue weighted by Gasteiger charge is 2.09. The molecule has 0 atom stereocenters. The molecular formula is C13H6BrCl2FN2. The molecule has 0 aliphatic carbocycles. The number of nitriles is 1. The molecule has 6 heteroatoms. The third kappa shape index (κ3) is 3.19. The second-order valence-corrected chi connectivity index (χ2v) is 5.30. The van der Waals surface area contributed by atoms with Crippen molar-refractivity contribution in [3.8, 4) is 6.07 Å². The summed E-state index contributed by atoms with van der Waals surface area (Å²) in [6.07, 6.45) is 0. The Bertz CT molecular complexity index is 683. The van der Waals surface area contributed by atoms with Crippen LogP contribution in [0.15, 0.2) is 34.8 Å². The number of hydrogen-bond acceptors (Lipinski definition) is 2. The smallest absolute Gasteiger partial charge is 0.126 e. The van der Waals surface area contributed by atoms with Crippen molar-refractivity contribution in [2.75, 3.05) is 5.32 Å². The maximum atomic E-state index is 13.3. The van der Waals surface area contributed by atoms with Crippen molar-refractivity contribution in [1.29, 1.82) is 5.26 Å². The Morgan fingerprint density at radius 3 is 2.58 bits per heavy atom. The number of hydrogen-bond donors (Lipinski definition) is 1. The molecule has 0 unspecified atom stereocenters. The van der Waals surface area contributed by atoms with E-state index in [0.717, 1.165) is 6.07 Å². The van der Waals surface area contributed by atoms with Crippen LogP contribution < -0.4 is 5.32 Å². The first-order valence-corrected chi connectivity index (χ1v) is 6.67. The van der Waals surface area contributed by atoms with E-state index in [1.54, 1.807) is 12.1 Å². The summed E-state index contributed by atoms with van der Waals surface area (Å²) < 4.78 is 14.0. The average molecular weight is 360 g/mol. The zero-order valence-electron chi connectivity index (χ0n) is 9.35.